The molecule has 2 aliphatic heterocycles. The van der Waals surface area contributed by atoms with Gasteiger partial charge in [0.25, 0.3) is 5.91 Å². The van der Waals surface area contributed by atoms with Crippen LogP contribution in [-0.2, 0) is 14.0 Å². The van der Waals surface area contributed by atoms with E-state index in [-0.39, 0.29) is 18.0 Å². The smallest absolute Gasteiger partial charge is 0.444 e. The Morgan fingerprint density at radius 3 is 2.19 bits per heavy atom. The third kappa shape index (κ3) is 4.75. The van der Waals surface area contributed by atoms with Crippen LogP contribution in [0.2, 0.25) is 0 Å². The van der Waals surface area contributed by atoms with Crippen molar-refractivity contribution in [3.8, 4) is 0 Å². The number of carbonyl (C=O) groups is 2. The maximum Gasteiger partial charge on any atom is 0.495 e. The fourth-order valence-electron chi connectivity index (χ4n) is 3.53. The number of hydrogen-bond acceptors (Lipinski definition) is 5. The van der Waals surface area contributed by atoms with E-state index < -0.39 is 23.9 Å². The summed E-state index contributed by atoms with van der Waals surface area (Å²) in [6.45, 7) is 16.5. The molecule has 3 rings (SSSR count). The molecule has 1 aromatic rings. The number of hydrogen-bond donors (Lipinski definition) is 0. The van der Waals surface area contributed by atoms with Gasteiger partial charge in [-0.25, -0.2) is 4.79 Å². The predicted molar refractivity (Wildman–Crippen MR) is 121 cm³/mol. The van der Waals surface area contributed by atoms with Gasteiger partial charge in [0.1, 0.15) is 5.60 Å². The van der Waals surface area contributed by atoms with Crippen molar-refractivity contribution in [3.63, 3.8) is 0 Å². The summed E-state index contributed by atoms with van der Waals surface area (Å²) in [5.41, 5.74) is 1.04. The van der Waals surface area contributed by atoms with E-state index in [0.29, 0.717) is 18.7 Å². The Morgan fingerprint density at radius 1 is 1.13 bits per heavy atom. The van der Waals surface area contributed by atoms with Gasteiger partial charge in [-0.05, 0) is 73.0 Å². The highest BCUT2D eigenvalue weighted by Gasteiger charge is 2.52. The SMILES string of the molecule is Cc1ccc(C(=O)N2CC(N(C)C(=O)OC(C)(C)C)C2)cc1B1OC(C)(C)C(C)(C)O1. The molecule has 0 unspecified atom stereocenters. The van der Waals surface area contributed by atoms with E-state index in [1.54, 1.807) is 16.8 Å². The second-order valence-electron chi connectivity index (χ2n) is 10.6. The monoisotopic (exact) mass is 430 g/mol. The average molecular weight is 430 g/mol. The van der Waals surface area contributed by atoms with Gasteiger partial charge in [-0.1, -0.05) is 11.6 Å². The molecule has 0 aliphatic carbocycles. The van der Waals surface area contributed by atoms with Crippen molar-refractivity contribution in [1.29, 1.82) is 0 Å². The summed E-state index contributed by atoms with van der Waals surface area (Å²) in [7, 11) is 1.20. The molecule has 2 saturated heterocycles. The van der Waals surface area contributed by atoms with Crippen molar-refractivity contribution in [2.45, 2.75) is 78.2 Å². The summed E-state index contributed by atoms with van der Waals surface area (Å²) in [6, 6.07) is 5.58. The van der Waals surface area contributed by atoms with Crippen LogP contribution >= 0.6 is 0 Å². The molecule has 0 saturated carbocycles. The topological polar surface area (TPSA) is 68.3 Å². The van der Waals surface area contributed by atoms with Gasteiger partial charge in [0.05, 0.1) is 17.2 Å². The minimum Gasteiger partial charge on any atom is -0.444 e. The van der Waals surface area contributed by atoms with Crippen LogP contribution < -0.4 is 5.46 Å². The number of aryl methyl sites for hydroxylation is 1. The molecule has 2 fully saturated rings. The number of ether oxygens (including phenoxy) is 1. The molecular weight excluding hydrogens is 395 g/mol. The lowest BCUT2D eigenvalue weighted by Crippen LogP contribution is -2.61. The lowest BCUT2D eigenvalue weighted by atomic mass is 9.75. The fourth-order valence-corrected chi connectivity index (χ4v) is 3.53. The number of nitrogens with zero attached hydrogens (tertiary/aromatic N) is 2. The van der Waals surface area contributed by atoms with Crippen molar-refractivity contribution >= 4 is 24.6 Å². The number of amides is 2. The Bertz CT molecular complexity index is 855. The Kier molecular flexibility index (Phi) is 5.95. The maximum absolute atomic E-state index is 13.0. The van der Waals surface area contributed by atoms with E-state index in [0.717, 1.165) is 11.0 Å². The van der Waals surface area contributed by atoms with Crippen molar-refractivity contribution in [3.05, 3.63) is 29.3 Å². The highest BCUT2D eigenvalue weighted by atomic mass is 16.7. The molecule has 0 bridgehead atoms. The molecule has 1 aromatic carbocycles. The summed E-state index contributed by atoms with van der Waals surface area (Å²) in [5.74, 6) is -0.0633. The molecule has 0 spiro atoms. The number of rotatable bonds is 3. The van der Waals surface area contributed by atoms with E-state index in [1.807, 2.05) is 73.6 Å². The average Bonchev–Trinajstić information content (AvgIpc) is 2.79. The second-order valence-corrected chi connectivity index (χ2v) is 10.6. The summed E-state index contributed by atoms with van der Waals surface area (Å²) in [5, 5.41) is 0. The van der Waals surface area contributed by atoms with Crippen LogP contribution in [0.3, 0.4) is 0 Å². The zero-order valence-electron chi connectivity index (χ0n) is 20.2. The van der Waals surface area contributed by atoms with Gasteiger partial charge >= 0.3 is 13.2 Å². The normalized spacial score (nSPS) is 20.4. The Hall–Kier alpha value is -2.06. The maximum atomic E-state index is 13.0. The standard InChI is InChI=1S/C23H35BN2O5/c1-15-10-11-16(12-18(15)24-30-22(5,6)23(7,8)31-24)19(27)26-13-17(14-26)25(9)20(28)29-21(2,3)4/h10-12,17H,13-14H2,1-9H3. The third-order valence-corrected chi connectivity index (χ3v) is 6.41. The number of benzene rings is 1. The predicted octanol–water partition coefficient (Wildman–Crippen LogP) is 2.99. The molecule has 2 heterocycles. The summed E-state index contributed by atoms with van der Waals surface area (Å²) < 4.78 is 17.8. The number of likely N-dealkylation sites (tertiary alicyclic amines) is 1. The van der Waals surface area contributed by atoms with E-state index >= 15 is 0 Å². The Morgan fingerprint density at radius 2 is 1.68 bits per heavy atom. The lowest BCUT2D eigenvalue weighted by molar-refractivity contribution is -0.00206. The van der Waals surface area contributed by atoms with Gasteiger partial charge in [-0.3, -0.25) is 4.79 Å². The van der Waals surface area contributed by atoms with Crippen molar-refractivity contribution < 1.29 is 23.6 Å². The first-order chi connectivity index (χ1) is 14.1. The fraction of sp³-hybridized carbons (Fsp3) is 0.652. The van der Waals surface area contributed by atoms with Gasteiger partial charge in [0.2, 0.25) is 0 Å². The first-order valence-electron chi connectivity index (χ1n) is 10.8. The molecule has 0 N–H and O–H groups in total. The minimum atomic E-state index is -0.545. The van der Waals surface area contributed by atoms with Gasteiger partial charge in [0, 0.05) is 25.7 Å². The van der Waals surface area contributed by atoms with E-state index in [9.17, 15) is 9.59 Å². The van der Waals surface area contributed by atoms with Crippen LogP contribution in [0.4, 0.5) is 4.79 Å². The highest BCUT2D eigenvalue weighted by molar-refractivity contribution is 6.62. The van der Waals surface area contributed by atoms with Crippen molar-refractivity contribution in [1.82, 2.24) is 9.80 Å². The molecule has 170 valence electrons. The molecule has 8 heteroatoms. The molecule has 0 radical (unpaired) electrons. The largest absolute Gasteiger partial charge is 0.495 e. The van der Waals surface area contributed by atoms with Crippen LogP contribution in [0.15, 0.2) is 18.2 Å². The molecule has 2 amide bonds. The van der Waals surface area contributed by atoms with Crippen LogP contribution in [0.25, 0.3) is 0 Å². The molecule has 0 atom stereocenters. The molecule has 2 aliphatic rings. The van der Waals surface area contributed by atoms with Crippen molar-refractivity contribution in [2.75, 3.05) is 20.1 Å². The number of carbonyl (C=O) groups excluding carboxylic acids is 2. The zero-order chi connectivity index (χ0) is 23.4. The Labute approximate surface area is 186 Å². The van der Waals surface area contributed by atoms with Gasteiger partial charge in [-0.15, -0.1) is 0 Å². The van der Waals surface area contributed by atoms with Crippen molar-refractivity contribution in [2.24, 2.45) is 0 Å². The summed E-state index contributed by atoms with van der Waals surface area (Å²) in [6.07, 6.45) is -0.372. The zero-order valence-corrected chi connectivity index (χ0v) is 20.2. The van der Waals surface area contributed by atoms with Gasteiger partial charge in [0.15, 0.2) is 0 Å². The second kappa shape index (κ2) is 7.82. The first kappa shape index (κ1) is 23.6. The minimum absolute atomic E-state index is 0.0492. The van der Waals surface area contributed by atoms with E-state index in [4.69, 9.17) is 14.0 Å². The van der Waals surface area contributed by atoms with E-state index in [1.165, 1.54) is 0 Å². The summed E-state index contributed by atoms with van der Waals surface area (Å²) in [4.78, 5) is 28.6. The molecule has 7 nitrogen and oxygen atoms in total. The van der Waals surface area contributed by atoms with Crippen LogP contribution in [-0.4, -0.2) is 71.9 Å². The third-order valence-electron chi connectivity index (χ3n) is 6.41. The lowest BCUT2D eigenvalue weighted by Gasteiger charge is -2.44. The quantitative estimate of drug-likeness (QED) is 0.690. The van der Waals surface area contributed by atoms with Crippen LogP contribution in [0.5, 0.6) is 0 Å². The molecular formula is C23H35BN2O5. The Balaban J connectivity index is 1.67. The highest BCUT2D eigenvalue weighted by Crippen LogP contribution is 2.36. The van der Waals surface area contributed by atoms with Gasteiger partial charge < -0.3 is 23.8 Å². The van der Waals surface area contributed by atoms with Gasteiger partial charge in [-0.2, -0.15) is 0 Å². The van der Waals surface area contributed by atoms with Crippen LogP contribution in [0, 0.1) is 6.92 Å². The first-order valence-corrected chi connectivity index (χ1v) is 10.8. The molecule has 0 aromatic heterocycles. The number of likely N-dealkylation sites (N-methyl/N-ethyl adjacent to an activating group) is 1. The molecule has 31 heavy (non-hydrogen) atoms. The van der Waals surface area contributed by atoms with Crippen LogP contribution in [0.1, 0.15) is 64.4 Å². The summed E-state index contributed by atoms with van der Waals surface area (Å²) >= 11 is 0. The van der Waals surface area contributed by atoms with E-state index in [2.05, 4.69) is 0 Å².